The molecule has 0 aliphatic heterocycles. The van der Waals surface area contributed by atoms with Gasteiger partial charge in [-0.1, -0.05) is 42.9 Å². The van der Waals surface area contributed by atoms with Crippen molar-refractivity contribution in [1.29, 1.82) is 0 Å². The van der Waals surface area contributed by atoms with Crippen molar-refractivity contribution in [2.45, 2.75) is 32.1 Å². The third-order valence-corrected chi connectivity index (χ3v) is 1.96. The molecule has 65 valence electrons. The molecule has 0 spiro atoms. The van der Waals surface area contributed by atoms with Crippen molar-refractivity contribution < 1.29 is 0 Å². The van der Waals surface area contributed by atoms with Crippen molar-refractivity contribution in [2.24, 2.45) is 0 Å². The Hall–Kier alpha value is -0.780. The largest absolute Gasteiger partial charge is 0.0879 e. The van der Waals surface area contributed by atoms with Gasteiger partial charge in [0, 0.05) is 6.42 Å². The van der Waals surface area contributed by atoms with Crippen LogP contribution in [0.3, 0.4) is 0 Å². The van der Waals surface area contributed by atoms with Gasteiger partial charge in [0.05, 0.1) is 0 Å². The van der Waals surface area contributed by atoms with Crippen LogP contribution in [0.5, 0.6) is 0 Å². The quantitative estimate of drug-likeness (QED) is 0.506. The van der Waals surface area contributed by atoms with Crippen LogP contribution >= 0.6 is 0 Å². The molecule has 0 aromatic carbocycles. The van der Waals surface area contributed by atoms with Crippen LogP contribution < -0.4 is 0 Å². The van der Waals surface area contributed by atoms with Gasteiger partial charge in [-0.15, -0.1) is 0 Å². The fraction of sp³-hybridized carbons (Fsp3) is 0.417. The molecule has 0 saturated heterocycles. The van der Waals surface area contributed by atoms with Gasteiger partial charge in [-0.2, -0.15) is 0 Å². The second kappa shape index (κ2) is 6.90. The molecule has 0 amide bonds. The van der Waals surface area contributed by atoms with E-state index in [2.05, 4.69) is 42.9 Å². The lowest BCUT2D eigenvalue weighted by molar-refractivity contribution is 0.696. The minimum atomic E-state index is 1.23. The zero-order valence-electron chi connectivity index (χ0n) is 7.58. The fourth-order valence-corrected chi connectivity index (χ4v) is 1.24. The van der Waals surface area contributed by atoms with E-state index in [1.807, 2.05) is 0 Å². The lowest BCUT2D eigenvalue weighted by Gasteiger charge is -1.95. The fourth-order valence-electron chi connectivity index (χ4n) is 1.24. The maximum atomic E-state index is 2.25. The van der Waals surface area contributed by atoms with E-state index in [0.29, 0.717) is 0 Å². The zero-order chi connectivity index (χ0) is 8.49. The lowest BCUT2D eigenvalue weighted by atomic mass is 10.1. The first-order valence-electron chi connectivity index (χ1n) is 4.82. The Labute approximate surface area is 75.7 Å². The first-order valence-corrected chi connectivity index (χ1v) is 4.82. The third-order valence-electron chi connectivity index (χ3n) is 1.96. The minimum absolute atomic E-state index is 1.23. The minimum Gasteiger partial charge on any atom is -0.0879 e. The molecule has 0 bridgehead atoms. The molecule has 1 rings (SSSR count). The van der Waals surface area contributed by atoms with Crippen molar-refractivity contribution in [3.8, 4) is 0 Å². The molecule has 1 radical (unpaired) electrons. The van der Waals surface area contributed by atoms with Crippen molar-refractivity contribution in [1.82, 2.24) is 0 Å². The SMILES string of the molecule is [CH]1/C=C\C=C\CCCCC/C=C/1. The Morgan fingerprint density at radius 2 is 1.33 bits per heavy atom. The first-order chi connectivity index (χ1) is 6.00. The summed E-state index contributed by atoms with van der Waals surface area (Å²) in [5.41, 5.74) is 0. The summed E-state index contributed by atoms with van der Waals surface area (Å²) in [6, 6.07) is 0. The predicted octanol–water partition coefficient (Wildman–Crippen LogP) is 3.82. The molecule has 0 unspecified atom stereocenters. The molecule has 0 heteroatoms. The van der Waals surface area contributed by atoms with Crippen LogP contribution in [-0.4, -0.2) is 0 Å². The number of rotatable bonds is 0. The van der Waals surface area contributed by atoms with Crippen molar-refractivity contribution in [3.63, 3.8) is 0 Å². The smallest absolute Gasteiger partial charge is 0.00473 e. The monoisotopic (exact) mass is 161 g/mol. The van der Waals surface area contributed by atoms with E-state index in [-0.39, 0.29) is 0 Å². The van der Waals surface area contributed by atoms with Gasteiger partial charge in [0.2, 0.25) is 0 Å². The molecule has 1 aliphatic carbocycles. The summed E-state index contributed by atoms with van der Waals surface area (Å²) < 4.78 is 0. The standard InChI is InChI=1S/C12H17/c1-2-4-6-8-10-12-11-9-7-5-3-1/h1-7H,8-12H2/b2-1-,6-4+,7-5+. The second-order valence-electron chi connectivity index (χ2n) is 3.07. The van der Waals surface area contributed by atoms with Gasteiger partial charge in [-0.3, -0.25) is 0 Å². The summed E-state index contributed by atoms with van der Waals surface area (Å²) in [5, 5.41) is 0. The molecule has 12 heavy (non-hydrogen) atoms. The van der Waals surface area contributed by atoms with Gasteiger partial charge in [0.25, 0.3) is 0 Å². The van der Waals surface area contributed by atoms with Gasteiger partial charge in [-0.25, -0.2) is 0 Å². The molecule has 0 aromatic rings. The van der Waals surface area contributed by atoms with Gasteiger partial charge >= 0.3 is 0 Å². The Bertz CT molecular complexity index is 172. The van der Waals surface area contributed by atoms with Gasteiger partial charge in [0.1, 0.15) is 0 Å². The summed E-state index contributed by atoms with van der Waals surface area (Å²) in [4.78, 5) is 0. The van der Waals surface area contributed by atoms with E-state index in [4.69, 9.17) is 0 Å². The summed E-state index contributed by atoms with van der Waals surface area (Å²) in [6.07, 6.45) is 21.5. The highest BCUT2D eigenvalue weighted by Gasteiger charge is 1.85. The van der Waals surface area contributed by atoms with Gasteiger partial charge < -0.3 is 0 Å². The van der Waals surface area contributed by atoms with Crippen LogP contribution in [0.2, 0.25) is 0 Å². The summed E-state index contributed by atoms with van der Waals surface area (Å²) in [7, 11) is 0. The van der Waals surface area contributed by atoms with E-state index < -0.39 is 0 Å². The molecular weight excluding hydrogens is 144 g/mol. The average Bonchev–Trinajstić information content (AvgIpc) is 2.05. The molecule has 0 atom stereocenters. The Kier molecular flexibility index (Phi) is 5.35. The van der Waals surface area contributed by atoms with E-state index >= 15 is 0 Å². The number of allylic oxidation sites excluding steroid dienone is 6. The molecular formula is C12H17. The highest BCUT2D eigenvalue weighted by Crippen LogP contribution is 2.05. The Balaban J connectivity index is 2.31. The Morgan fingerprint density at radius 3 is 2.17 bits per heavy atom. The van der Waals surface area contributed by atoms with Gasteiger partial charge in [-0.05, 0) is 25.7 Å². The van der Waals surface area contributed by atoms with Crippen LogP contribution in [0.4, 0.5) is 0 Å². The van der Waals surface area contributed by atoms with Crippen molar-refractivity contribution in [3.05, 3.63) is 42.9 Å². The van der Waals surface area contributed by atoms with E-state index in [9.17, 15) is 0 Å². The Morgan fingerprint density at radius 1 is 0.583 bits per heavy atom. The zero-order valence-corrected chi connectivity index (χ0v) is 7.58. The topological polar surface area (TPSA) is 0 Å². The van der Waals surface area contributed by atoms with Gasteiger partial charge in [0.15, 0.2) is 0 Å². The maximum Gasteiger partial charge on any atom is 0.00473 e. The van der Waals surface area contributed by atoms with Crippen LogP contribution in [-0.2, 0) is 0 Å². The molecule has 1 aliphatic rings. The van der Waals surface area contributed by atoms with Crippen LogP contribution in [0.1, 0.15) is 32.1 Å². The van der Waals surface area contributed by atoms with Crippen molar-refractivity contribution >= 4 is 0 Å². The van der Waals surface area contributed by atoms with Crippen molar-refractivity contribution in [2.75, 3.05) is 0 Å². The molecule has 0 fully saturated rings. The normalized spacial score (nSPS) is 28.0. The van der Waals surface area contributed by atoms with E-state index in [1.54, 1.807) is 0 Å². The van der Waals surface area contributed by atoms with Crippen LogP contribution in [0.15, 0.2) is 36.5 Å². The molecule has 0 heterocycles. The van der Waals surface area contributed by atoms with Crippen LogP contribution in [0, 0.1) is 6.42 Å². The highest BCUT2D eigenvalue weighted by molar-refractivity contribution is 5.14. The average molecular weight is 161 g/mol. The maximum absolute atomic E-state index is 2.25. The molecule has 0 nitrogen and oxygen atoms in total. The first kappa shape index (κ1) is 9.31. The second-order valence-corrected chi connectivity index (χ2v) is 3.07. The highest BCUT2D eigenvalue weighted by atomic mass is 13.9. The molecule has 0 N–H and O–H groups in total. The van der Waals surface area contributed by atoms with Crippen LogP contribution in [0.25, 0.3) is 0 Å². The summed E-state index contributed by atoms with van der Waals surface area (Å²) in [5.74, 6) is 0. The summed E-state index contributed by atoms with van der Waals surface area (Å²) >= 11 is 0. The third kappa shape index (κ3) is 4.95. The number of hydrogen-bond acceptors (Lipinski definition) is 0. The molecule has 0 saturated carbocycles. The predicted molar refractivity (Wildman–Crippen MR) is 54.8 cm³/mol. The van der Waals surface area contributed by atoms with E-state index in [0.717, 1.165) is 0 Å². The number of hydrogen-bond donors (Lipinski definition) is 0. The lowest BCUT2D eigenvalue weighted by Crippen LogP contribution is -1.75. The molecule has 0 aromatic heterocycles. The van der Waals surface area contributed by atoms with E-state index in [1.165, 1.54) is 32.1 Å². The summed E-state index contributed by atoms with van der Waals surface area (Å²) in [6.45, 7) is 0.